The molecule has 1 aliphatic carbocycles. The number of ether oxygens (including phenoxy) is 1. The van der Waals surface area contributed by atoms with Gasteiger partial charge >= 0.3 is 0 Å². The molecular weight excluding hydrogens is 219 g/mol. The van der Waals surface area contributed by atoms with Crippen LogP contribution in [0.5, 0.6) is 5.75 Å². The Bertz CT molecular complexity index is 336. The highest BCUT2D eigenvalue weighted by Gasteiger charge is 2.52. The molecule has 1 aromatic carbocycles. The van der Waals surface area contributed by atoms with E-state index in [1.54, 1.807) is 0 Å². The second kappa shape index (κ2) is 3.63. The van der Waals surface area contributed by atoms with Gasteiger partial charge in [0.2, 0.25) is 0 Å². The normalized spacial score (nSPS) is 23.2. The first kappa shape index (κ1) is 10.1. The Labute approximate surface area is 94.0 Å². The van der Waals surface area contributed by atoms with E-state index in [9.17, 15) is 0 Å². The van der Waals surface area contributed by atoms with E-state index in [4.69, 9.17) is 27.9 Å². The number of rotatable bonds is 3. The molecule has 3 heteroatoms. The zero-order valence-corrected chi connectivity index (χ0v) is 9.48. The van der Waals surface area contributed by atoms with Crippen molar-refractivity contribution in [3.8, 4) is 5.75 Å². The predicted octanol–water partition coefficient (Wildman–Crippen LogP) is 3.57. The molecule has 0 radical (unpaired) electrons. The zero-order chi connectivity index (χ0) is 10.2. The van der Waals surface area contributed by atoms with Gasteiger partial charge in [0.05, 0.1) is 6.61 Å². The van der Waals surface area contributed by atoms with Gasteiger partial charge in [-0.25, -0.2) is 0 Å². The van der Waals surface area contributed by atoms with Gasteiger partial charge in [0.25, 0.3) is 0 Å². The molecule has 0 N–H and O–H groups in total. The van der Waals surface area contributed by atoms with Crippen LogP contribution >= 0.6 is 23.2 Å². The average molecular weight is 231 g/mol. The quantitative estimate of drug-likeness (QED) is 0.722. The Morgan fingerprint density at radius 3 is 2.79 bits per heavy atom. The van der Waals surface area contributed by atoms with Crippen LogP contribution in [0.25, 0.3) is 0 Å². The first-order valence-corrected chi connectivity index (χ1v) is 5.41. The van der Waals surface area contributed by atoms with Crippen molar-refractivity contribution in [1.29, 1.82) is 0 Å². The number of aryl methyl sites for hydroxylation is 1. The summed E-state index contributed by atoms with van der Waals surface area (Å²) >= 11 is 11.8. The first-order chi connectivity index (χ1) is 6.58. The summed E-state index contributed by atoms with van der Waals surface area (Å²) in [4.78, 5) is 0. The Hall–Kier alpha value is -0.400. The van der Waals surface area contributed by atoms with Crippen LogP contribution in [0, 0.1) is 12.8 Å². The molecule has 0 aliphatic heterocycles. The standard InChI is InChI=1S/C11H12Cl2O/c1-8-3-2-4-10(5-8)14-7-9-6-11(9,12)13/h2-5,9H,6-7H2,1H3. The van der Waals surface area contributed by atoms with Crippen molar-refractivity contribution in [2.45, 2.75) is 17.7 Å². The van der Waals surface area contributed by atoms with Crippen LogP contribution < -0.4 is 4.74 Å². The van der Waals surface area contributed by atoms with Gasteiger partial charge in [-0.05, 0) is 31.0 Å². The number of hydrogen-bond donors (Lipinski definition) is 0. The maximum atomic E-state index is 5.89. The average Bonchev–Trinajstić information content (AvgIpc) is 2.71. The number of alkyl halides is 2. The van der Waals surface area contributed by atoms with Gasteiger partial charge in [0.1, 0.15) is 10.1 Å². The summed E-state index contributed by atoms with van der Waals surface area (Å²) in [5.41, 5.74) is 1.20. The molecule has 1 unspecified atom stereocenters. The van der Waals surface area contributed by atoms with Crippen molar-refractivity contribution in [2.24, 2.45) is 5.92 Å². The second-order valence-corrected chi connectivity index (χ2v) is 5.33. The third-order valence-electron chi connectivity index (χ3n) is 2.40. The van der Waals surface area contributed by atoms with Gasteiger partial charge in [-0.1, -0.05) is 12.1 Å². The third-order valence-corrected chi connectivity index (χ3v) is 3.32. The van der Waals surface area contributed by atoms with Crippen molar-refractivity contribution in [3.63, 3.8) is 0 Å². The van der Waals surface area contributed by atoms with E-state index in [1.165, 1.54) is 5.56 Å². The van der Waals surface area contributed by atoms with Crippen molar-refractivity contribution in [2.75, 3.05) is 6.61 Å². The Balaban J connectivity index is 1.87. The van der Waals surface area contributed by atoms with Gasteiger partial charge in [0, 0.05) is 5.92 Å². The lowest BCUT2D eigenvalue weighted by Crippen LogP contribution is -2.04. The Morgan fingerprint density at radius 1 is 1.50 bits per heavy atom. The molecule has 0 spiro atoms. The van der Waals surface area contributed by atoms with Gasteiger partial charge in [0.15, 0.2) is 0 Å². The smallest absolute Gasteiger partial charge is 0.125 e. The molecule has 1 aliphatic rings. The van der Waals surface area contributed by atoms with Crippen LogP contribution in [-0.4, -0.2) is 10.9 Å². The predicted molar refractivity (Wildman–Crippen MR) is 59.2 cm³/mol. The summed E-state index contributed by atoms with van der Waals surface area (Å²) in [6.45, 7) is 2.65. The van der Waals surface area contributed by atoms with Crippen LogP contribution in [-0.2, 0) is 0 Å². The Kier molecular flexibility index (Phi) is 2.63. The van der Waals surface area contributed by atoms with E-state index < -0.39 is 4.33 Å². The molecule has 1 fully saturated rings. The molecule has 1 aromatic rings. The summed E-state index contributed by atoms with van der Waals surface area (Å²) in [5, 5.41) is 0. The molecule has 0 bridgehead atoms. The van der Waals surface area contributed by atoms with Crippen LogP contribution in [0.1, 0.15) is 12.0 Å². The number of hydrogen-bond acceptors (Lipinski definition) is 1. The third kappa shape index (κ3) is 2.34. The van der Waals surface area contributed by atoms with Crippen LogP contribution in [0.2, 0.25) is 0 Å². The van der Waals surface area contributed by atoms with E-state index >= 15 is 0 Å². The molecular formula is C11H12Cl2O. The highest BCUT2D eigenvalue weighted by molar-refractivity contribution is 6.50. The van der Waals surface area contributed by atoms with E-state index in [0.29, 0.717) is 6.61 Å². The molecule has 1 nitrogen and oxygen atoms in total. The van der Waals surface area contributed by atoms with E-state index in [2.05, 4.69) is 0 Å². The van der Waals surface area contributed by atoms with Gasteiger partial charge in [-0.3, -0.25) is 0 Å². The molecule has 1 saturated carbocycles. The van der Waals surface area contributed by atoms with E-state index in [-0.39, 0.29) is 5.92 Å². The van der Waals surface area contributed by atoms with Gasteiger partial charge in [-0.2, -0.15) is 0 Å². The highest BCUT2D eigenvalue weighted by atomic mass is 35.5. The molecule has 14 heavy (non-hydrogen) atoms. The van der Waals surface area contributed by atoms with Crippen molar-refractivity contribution in [1.82, 2.24) is 0 Å². The highest BCUT2D eigenvalue weighted by Crippen LogP contribution is 2.53. The van der Waals surface area contributed by atoms with Crippen molar-refractivity contribution >= 4 is 23.2 Å². The largest absolute Gasteiger partial charge is 0.493 e. The second-order valence-electron chi connectivity index (χ2n) is 3.79. The minimum Gasteiger partial charge on any atom is -0.493 e. The summed E-state index contributed by atoms with van der Waals surface area (Å²) in [7, 11) is 0. The van der Waals surface area contributed by atoms with Crippen molar-refractivity contribution in [3.05, 3.63) is 29.8 Å². The molecule has 2 rings (SSSR count). The van der Waals surface area contributed by atoms with Crippen LogP contribution in [0.15, 0.2) is 24.3 Å². The lowest BCUT2D eigenvalue weighted by Gasteiger charge is -2.06. The monoisotopic (exact) mass is 230 g/mol. The Morgan fingerprint density at radius 2 is 2.21 bits per heavy atom. The lowest BCUT2D eigenvalue weighted by molar-refractivity contribution is 0.298. The first-order valence-electron chi connectivity index (χ1n) is 4.65. The molecule has 0 saturated heterocycles. The fraction of sp³-hybridized carbons (Fsp3) is 0.455. The lowest BCUT2D eigenvalue weighted by atomic mass is 10.2. The number of halogens is 2. The fourth-order valence-corrected chi connectivity index (χ4v) is 1.85. The minimum atomic E-state index is -0.538. The van der Waals surface area contributed by atoms with E-state index in [0.717, 1.165) is 12.2 Å². The SMILES string of the molecule is Cc1cccc(OCC2CC2(Cl)Cl)c1. The molecule has 76 valence electrons. The summed E-state index contributed by atoms with van der Waals surface area (Å²) in [5.74, 6) is 1.17. The van der Waals surface area contributed by atoms with Crippen LogP contribution in [0.4, 0.5) is 0 Å². The maximum absolute atomic E-state index is 5.89. The maximum Gasteiger partial charge on any atom is 0.125 e. The zero-order valence-electron chi connectivity index (χ0n) is 7.97. The van der Waals surface area contributed by atoms with Gasteiger partial charge < -0.3 is 4.74 Å². The minimum absolute atomic E-state index is 0.284. The molecule has 0 heterocycles. The summed E-state index contributed by atoms with van der Waals surface area (Å²) < 4.78 is 5.04. The molecule has 0 aromatic heterocycles. The van der Waals surface area contributed by atoms with Crippen molar-refractivity contribution < 1.29 is 4.74 Å². The fourth-order valence-electron chi connectivity index (χ4n) is 1.35. The topological polar surface area (TPSA) is 9.23 Å². The molecule has 0 amide bonds. The number of benzene rings is 1. The summed E-state index contributed by atoms with van der Waals surface area (Å²) in [6, 6.07) is 7.97. The molecule has 1 atom stereocenters. The van der Waals surface area contributed by atoms with Crippen LogP contribution in [0.3, 0.4) is 0 Å². The summed E-state index contributed by atoms with van der Waals surface area (Å²) in [6.07, 6.45) is 0.835. The van der Waals surface area contributed by atoms with E-state index in [1.807, 2.05) is 31.2 Å². The van der Waals surface area contributed by atoms with Gasteiger partial charge in [-0.15, -0.1) is 23.2 Å².